The molecule has 2 amide bonds. The van der Waals surface area contributed by atoms with Crippen molar-refractivity contribution in [3.8, 4) is 11.5 Å². The Morgan fingerprint density at radius 1 is 1.00 bits per heavy atom. The third kappa shape index (κ3) is 4.94. The number of hydrogen-bond donors (Lipinski definition) is 5. The fourth-order valence-corrected chi connectivity index (χ4v) is 7.75. The molecular weight excluding hydrogens is 574 g/mol. The number of ketones is 1. The molecule has 44 heavy (non-hydrogen) atoms. The van der Waals surface area contributed by atoms with Crippen molar-refractivity contribution < 1.29 is 19.1 Å². The van der Waals surface area contributed by atoms with Crippen LogP contribution in [0.2, 0.25) is 0 Å². The first-order valence-electron chi connectivity index (χ1n) is 14.7. The van der Waals surface area contributed by atoms with Gasteiger partial charge in [0.15, 0.2) is 5.78 Å². The number of hydrogen-bond acceptors (Lipinski definition) is 8. The van der Waals surface area contributed by atoms with Crippen molar-refractivity contribution in [3.05, 3.63) is 100 Å². The number of thiophene rings is 1. The lowest BCUT2D eigenvalue weighted by molar-refractivity contribution is -0.124. The third-order valence-electron chi connectivity index (χ3n) is 8.72. The van der Waals surface area contributed by atoms with Gasteiger partial charge in [0, 0.05) is 28.7 Å². The van der Waals surface area contributed by atoms with Crippen LogP contribution in [-0.4, -0.2) is 29.7 Å². The maximum atomic E-state index is 14.2. The first-order valence-corrected chi connectivity index (χ1v) is 15.5. The number of ether oxygens (including phenoxy) is 1. The number of carbonyl (C=O) groups is 3. The molecule has 1 heterocycles. The van der Waals surface area contributed by atoms with E-state index >= 15 is 0 Å². The maximum absolute atomic E-state index is 14.2. The second-order valence-electron chi connectivity index (χ2n) is 11.5. The molecule has 4 aromatic rings. The van der Waals surface area contributed by atoms with Crippen LogP contribution in [0, 0.1) is 6.92 Å². The molecule has 0 bridgehead atoms. The lowest BCUT2D eigenvalue weighted by Crippen LogP contribution is -2.54. The van der Waals surface area contributed by atoms with Crippen LogP contribution in [0.25, 0.3) is 10.1 Å². The van der Waals surface area contributed by atoms with Gasteiger partial charge in [0.05, 0.1) is 15.6 Å². The fourth-order valence-electron chi connectivity index (χ4n) is 6.55. The van der Waals surface area contributed by atoms with Crippen molar-refractivity contribution in [2.45, 2.75) is 56.3 Å². The van der Waals surface area contributed by atoms with Crippen LogP contribution in [0.3, 0.4) is 0 Å². The highest BCUT2D eigenvalue weighted by molar-refractivity contribution is 7.21. The summed E-state index contributed by atoms with van der Waals surface area (Å²) in [6.45, 7) is 5.41. The van der Waals surface area contributed by atoms with Crippen molar-refractivity contribution in [2.75, 3.05) is 5.73 Å². The standard InChI is InChI=1S/C34H35N5O4S/c1-3-26(40)38-24-11-7-8-12-25(24)39-33(42)31-28-27-22(15-16-23(35)30(27)44-31)34(37,32(41)29(28)36)21-14-13-20(17-18(21)2)43-19-9-5-4-6-10-19/h3-6,9-10,13-17,24-25,29H,1,7-8,11-12,35-37H2,2H3,(H,38,40)(H,39,42)/t24-,25+,29?,34?/m1/s1. The minimum atomic E-state index is -1.58. The van der Waals surface area contributed by atoms with Gasteiger partial charge in [-0.15, -0.1) is 11.3 Å². The summed E-state index contributed by atoms with van der Waals surface area (Å²) in [5, 5.41) is 6.68. The molecule has 1 fully saturated rings. The van der Waals surface area contributed by atoms with Gasteiger partial charge in [-0.2, -0.15) is 0 Å². The van der Waals surface area contributed by atoms with Crippen LogP contribution >= 0.6 is 11.3 Å². The first-order chi connectivity index (χ1) is 21.1. The summed E-state index contributed by atoms with van der Waals surface area (Å²) in [5.41, 5.74) is 21.4. The monoisotopic (exact) mass is 609 g/mol. The summed E-state index contributed by atoms with van der Waals surface area (Å²) in [6, 6.07) is 16.6. The molecule has 2 aliphatic rings. The van der Waals surface area contributed by atoms with E-state index in [4.69, 9.17) is 21.9 Å². The normalized spacial score (nSPS) is 22.8. The molecular formula is C34H35N5O4S. The topological polar surface area (TPSA) is 163 Å². The van der Waals surface area contributed by atoms with Gasteiger partial charge in [0.1, 0.15) is 17.0 Å². The highest BCUT2D eigenvalue weighted by Crippen LogP contribution is 2.50. The van der Waals surface area contributed by atoms with Crippen LogP contribution in [0.1, 0.15) is 63.7 Å². The Kier molecular flexibility index (Phi) is 7.75. The van der Waals surface area contributed by atoms with E-state index in [1.54, 1.807) is 24.3 Å². The van der Waals surface area contributed by atoms with Crippen LogP contribution in [0.5, 0.6) is 11.5 Å². The Morgan fingerprint density at radius 2 is 1.68 bits per heavy atom. The van der Waals surface area contributed by atoms with E-state index in [9.17, 15) is 14.4 Å². The van der Waals surface area contributed by atoms with Crippen LogP contribution in [-0.2, 0) is 15.1 Å². The lowest BCUT2D eigenvalue weighted by Gasteiger charge is -2.37. The molecule has 0 saturated heterocycles. The molecule has 3 aromatic carbocycles. The van der Waals surface area contributed by atoms with Gasteiger partial charge in [0.2, 0.25) is 5.91 Å². The number of carbonyl (C=O) groups excluding carboxylic acids is 3. The van der Waals surface area contributed by atoms with Gasteiger partial charge in [0.25, 0.3) is 5.91 Å². The number of benzene rings is 3. The zero-order chi connectivity index (χ0) is 31.2. The van der Waals surface area contributed by atoms with Crippen molar-refractivity contribution in [1.82, 2.24) is 10.6 Å². The number of nitrogens with one attached hydrogen (secondary N) is 2. The van der Waals surface area contributed by atoms with E-state index in [-0.39, 0.29) is 23.9 Å². The highest BCUT2D eigenvalue weighted by atomic mass is 32.1. The smallest absolute Gasteiger partial charge is 0.262 e. The van der Waals surface area contributed by atoms with Crippen LogP contribution in [0.15, 0.2) is 73.3 Å². The molecule has 4 atom stereocenters. The summed E-state index contributed by atoms with van der Waals surface area (Å²) >= 11 is 1.21. The van der Waals surface area contributed by atoms with Crippen molar-refractivity contribution in [3.63, 3.8) is 0 Å². The molecule has 9 nitrogen and oxygen atoms in total. The molecule has 0 spiro atoms. The summed E-state index contributed by atoms with van der Waals surface area (Å²) in [6.07, 6.45) is 4.54. The van der Waals surface area contributed by atoms with Gasteiger partial charge >= 0.3 is 0 Å². The Labute approximate surface area is 259 Å². The summed E-state index contributed by atoms with van der Waals surface area (Å²) in [5.74, 6) is 0.234. The number of Topliss-reactive ketones (excluding diaryl/α,β-unsaturated/α-hetero) is 1. The molecule has 1 aromatic heterocycles. The van der Waals surface area contributed by atoms with E-state index < -0.39 is 17.4 Å². The predicted octanol–water partition coefficient (Wildman–Crippen LogP) is 4.71. The van der Waals surface area contributed by atoms with Gasteiger partial charge in [-0.25, -0.2) is 0 Å². The van der Waals surface area contributed by atoms with Gasteiger partial charge in [-0.05, 0) is 72.9 Å². The minimum Gasteiger partial charge on any atom is -0.457 e. The van der Waals surface area contributed by atoms with Crippen molar-refractivity contribution in [1.29, 1.82) is 0 Å². The number of para-hydroxylation sites is 1. The Morgan fingerprint density at radius 3 is 2.36 bits per heavy atom. The van der Waals surface area contributed by atoms with E-state index in [1.165, 1.54) is 17.4 Å². The molecule has 226 valence electrons. The number of rotatable bonds is 7. The van der Waals surface area contributed by atoms with Crippen molar-refractivity contribution in [2.24, 2.45) is 11.5 Å². The van der Waals surface area contributed by atoms with E-state index in [0.717, 1.165) is 24.8 Å². The molecule has 8 N–H and O–H groups in total. The Balaban J connectivity index is 1.40. The maximum Gasteiger partial charge on any atom is 0.262 e. The average molecular weight is 610 g/mol. The quantitative estimate of drug-likeness (QED) is 0.150. The summed E-state index contributed by atoms with van der Waals surface area (Å²) in [4.78, 5) is 40.4. The van der Waals surface area contributed by atoms with Crippen molar-refractivity contribution >= 4 is 44.7 Å². The molecule has 10 heteroatoms. The SMILES string of the molecule is C=CC(=O)N[C@@H]1CCCC[C@@H]1NC(=O)c1sc2c(N)ccc3c2c1C(N)C(=O)C3(N)c1ccc(Oc2ccccc2)cc1C. The molecule has 6 rings (SSSR count). The molecule has 2 aliphatic carbocycles. The number of nitrogen functional groups attached to an aromatic ring is 1. The number of nitrogens with two attached hydrogens (primary N) is 3. The number of aryl methyl sites for hydroxylation is 1. The van der Waals surface area contributed by atoms with Crippen LogP contribution in [0.4, 0.5) is 5.69 Å². The second-order valence-corrected chi connectivity index (χ2v) is 12.5. The van der Waals surface area contributed by atoms with Gasteiger partial charge in [-0.1, -0.05) is 49.8 Å². The molecule has 1 saturated carbocycles. The van der Waals surface area contributed by atoms with Crippen LogP contribution < -0.4 is 32.6 Å². The summed E-state index contributed by atoms with van der Waals surface area (Å²) < 4.78 is 6.66. The zero-order valence-electron chi connectivity index (χ0n) is 24.4. The van der Waals surface area contributed by atoms with E-state index in [1.807, 2.05) is 43.3 Å². The second kappa shape index (κ2) is 11.5. The highest BCUT2D eigenvalue weighted by Gasteiger charge is 2.49. The zero-order valence-corrected chi connectivity index (χ0v) is 25.2. The fraction of sp³-hybridized carbons (Fsp3) is 0.265. The molecule has 2 unspecified atom stereocenters. The molecule has 0 aliphatic heterocycles. The minimum absolute atomic E-state index is 0.228. The first kappa shape index (κ1) is 29.6. The Hall–Kier alpha value is -4.51. The van der Waals surface area contributed by atoms with Gasteiger partial charge in [-0.3, -0.25) is 14.4 Å². The van der Waals surface area contributed by atoms with E-state index in [0.29, 0.717) is 55.3 Å². The molecule has 0 radical (unpaired) electrons. The van der Waals surface area contributed by atoms with Gasteiger partial charge < -0.3 is 32.6 Å². The lowest BCUT2D eigenvalue weighted by atomic mass is 9.69. The number of anilines is 1. The number of amides is 2. The predicted molar refractivity (Wildman–Crippen MR) is 173 cm³/mol. The largest absolute Gasteiger partial charge is 0.457 e. The van der Waals surface area contributed by atoms with E-state index in [2.05, 4.69) is 17.2 Å². The Bertz CT molecular complexity index is 1800. The average Bonchev–Trinajstić information content (AvgIpc) is 3.43. The third-order valence-corrected chi connectivity index (χ3v) is 9.97. The summed E-state index contributed by atoms with van der Waals surface area (Å²) in [7, 11) is 0.